The number of hydrogen-bond donors (Lipinski definition) is 1. The van der Waals surface area contributed by atoms with E-state index in [0.717, 1.165) is 5.56 Å². The lowest BCUT2D eigenvalue weighted by Gasteiger charge is -2.22. The van der Waals surface area contributed by atoms with Crippen molar-refractivity contribution in [1.82, 2.24) is 9.97 Å². The van der Waals surface area contributed by atoms with Crippen molar-refractivity contribution in [3.8, 4) is 5.75 Å². The number of anilines is 1. The van der Waals surface area contributed by atoms with E-state index < -0.39 is 24.6 Å². The average molecular weight is 411 g/mol. The van der Waals surface area contributed by atoms with Crippen LogP contribution in [0.1, 0.15) is 31.2 Å². The van der Waals surface area contributed by atoms with Crippen LogP contribution in [0.25, 0.3) is 0 Å². The Labute approximate surface area is 165 Å². The standard InChI is InChI=1S/C19H20F3N3O4/c1-11(13-3-5-14(6-4-13)29-19(20,21)22)9-16-23-8-7-17(24-16)25-15(12(2)26)10-28-18(25)27/h3-8,11-12,15,26H,9-10H2,1-2H3/t11-,12-,15-/m1/s1. The van der Waals surface area contributed by atoms with Crippen molar-refractivity contribution in [3.05, 3.63) is 47.9 Å². The van der Waals surface area contributed by atoms with E-state index in [9.17, 15) is 23.1 Å². The number of cyclic esters (lactones) is 1. The summed E-state index contributed by atoms with van der Waals surface area (Å²) in [7, 11) is 0. The molecule has 1 saturated heterocycles. The molecule has 1 fully saturated rings. The van der Waals surface area contributed by atoms with E-state index in [1.54, 1.807) is 25.1 Å². The molecule has 0 bridgehead atoms. The van der Waals surface area contributed by atoms with Crippen molar-refractivity contribution in [1.29, 1.82) is 0 Å². The first-order valence-electron chi connectivity index (χ1n) is 8.95. The number of rotatable bonds is 6. The normalized spacial score (nSPS) is 19.0. The molecule has 0 aliphatic carbocycles. The van der Waals surface area contributed by atoms with E-state index in [0.29, 0.717) is 18.1 Å². The zero-order valence-electron chi connectivity index (χ0n) is 15.8. The maximum Gasteiger partial charge on any atom is 0.573 e. The Balaban J connectivity index is 1.72. The number of ether oxygens (including phenoxy) is 2. The first kappa shape index (κ1) is 20.8. The van der Waals surface area contributed by atoms with Gasteiger partial charge in [0.05, 0.1) is 6.10 Å². The van der Waals surface area contributed by atoms with Crippen molar-refractivity contribution in [2.45, 2.75) is 44.7 Å². The minimum absolute atomic E-state index is 0.0680. The fraction of sp³-hybridized carbons (Fsp3) is 0.421. The van der Waals surface area contributed by atoms with E-state index in [1.165, 1.54) is 23.2 Å². The number of carbonyl (C=O) groups is 1. The van der Waals surface area contributed by atoms with Crippen molar-refractivity contribution in [2.75, 3.05) is 11.5 Å². The predicted molar refractivity (Wildman–Crippen MR) is 96.6 cm³/mol. The Morgan fingerprint density at radius 3 is 2.59 bits per heavy atom. The summed E-state index contributed by atoms with van der Waals surface area (Å²) in [5.74, 6) is 0.394. The summed E-state index contributed by atoms with van der Waals surface area (Å²) in [5.41, 5.74) is 0.788. The van der Waals surface area contributed by atoms with Gasteiger partial charge in [-0.1, -0.05) is 19.1 Å². The summed E-state index contributed by atoms with van der Waals surface area (Å²) in [6.45, 7) is 3.52. The molecule has 29 heavy (non-hydrogen) atoms. The number of halogens is 3. The summed E-state index contributed by atoms with van der Waals surface area (Å²) in [6, 6.07) is 6.63. The lowest BCUT2D eigenvalue weighted by molar-refractivity contribution is -0.274. The number of carbonyl (C=O) groups excluding carboxylic acids is 1. The van der Waals surface area contributed by atoms with E-state index in [1.807, 2.05) is 6.92 Å². The third-order valence-electron chi connectivity index (χ3n) is 4.57. The van der Waals surface area contributed by atoms with Crippen LogP contribution < -0.4 is 9.64 Å². The Morgan fingerprint density at radius 1 is 1.28 bits per heavy atom. The average Bonchev–Trinajstić information content (AvgIpc) is 3.03. The van der Waals surface area contributed by atoms with Crippen LogP contribution >= 0.6 is 0 Å². The first-order valence-corrected chi connectivity index (χ1v) is 8.95. The maximum absolute atomic E-state index is 12.3. The van der Waals surface area contributed by atoms with E-state index in [2.05, 4.69) is 14.7 Å². The second-order valence-electron chi connectivity index (χ2n) is 6.81. The second-order valence-corrected chi connectivity index (χ2v) is 6.81. The zero-order valence-corrected chi connectivity index (χ0v) is 15.8. The molecular formula is C19H20F3N3O4. The predicted octanol–water partition coefficient (Wildman–Crippen LogP) is 3.43. The second kappa shape index (κ2) is 8.24. The number of benzene rings is 1. The van der Waals surface area contributed by atoms with E-state index in [4.69, 9.17) is 4.74 Å². The van der Waals surface area contributed by atoms with Crippen LogP contribution in [0.15, 0.2) is 36.5 Å². The lowest BCUT2D eigenvalue weighted by atomic mass is 9.97. The third-order valence-corrected chi connectivity index (χ3v) is 4.57. The molecule has 1 amide bonds. The van der Waals surface area contributed by atoms with Gasteiger partial charge in [0.25, 0.3) is 0 Å². The van der Waals surface area contributed by atoms with Gasteiger partial charge in [0.15, 0.2) is 0 Å². The lowest BCUT2D eigenvalue weighted by Crippen LogP contribution is -2.41. The number of hydrogen-bond acceptors (Lipinski definition) is 6. The summed E-state index contributed by atoms with van der Waals surface area (Å²) >= 11 is 0. The van der Waals surface area contributed by atoms with E-state index in [-0.39, 0.29) is 18.3 Å². The number of nitrogens with zero attached hydrogens (tertiary/aromatic N) is 3. The summed E-state index contributed by atoms with van der Waals surface area (Å²) in [6.07, 6.45) is -4.21. The van der Waals surface area contributed by atoms with Crippen molar-refractivity contribution in [3.63, 3.8) is 0 Å². The van der Waals surface area contributed by atoms with Crippen molar-refractivity contribution < 1.29 is 32.5 Å². The van der Waals surface area contributed by atoms with Crippen LogP contribution in [-0.4, -0.2) is 46.3 Å². The van der Waals surface area contributed by atoms with Gasteiger partial charge >= 0.3 is 12.5 Å². The summed E-state index contributed by atoms with van der Waals surface area (Å²) in [4.78, 5) is 21.9. The quantitative estimate of drug-likeness (QED) is 0.784. The largest absolute Gasteiger partial charge is 0.573 e. The minimum atomic E-state index is -4.73. The summed E-state index contributed by atoms with van der Waals surface area (Å²) < 4.78 is 45.7. The number of aromatic nitrogens is 2. The molecule has 7 nitrogen and oxygen atoms in total. The molecule has 2 heterocycles. The van der Waals surface area contributed by atoms with Gasteiger partial charge in [-0.05, 0) is 36.6 Å². The molecule has 156 valence electrons. The smallest absolute Gasteiger partial charge is 0.447 e. The third kappa shape index (κ3) is 5.14. The maximum atomic E-state index is 12.3. The molecule has 3 rings (SSSR count). The number of aliphatic hydroxyl groups is 1. The molecule has 0 saturated carbocycles. The first-order chi connectivity index (χ1) is 13.6. The Bertz CT molecular complexity index is 859. The van der Waals surface area contributed by atoms with Gasteiger partial charge in [0, 0.05) is 12.6 Å². The minimum Gasteiger partial charge on any atom is -0.447 e. The molecular weight excluding hydrogens is 391 g/mol. The molecule has 1 aromatic heterocycles. The van der Waals surface area contributed by atoms with Crippen molar-refractivity contribution >= 4 is 11.9 Å². The van der Waals surface area contributed by atoms with Crippen LogP contribution in [0.4, 0.5) is 23.8 Å². The van der Waals surface area contributed by atoms with Crippen LogP contribution in [0, 0.1) is 0 Å². The molecule has 3 atom stereocenters. The van der Waals surface area contributed by atoms with Gasteiger partial charge in [-0.2, -0.15) is 0 Å². The van der Waals surface area contributed by atoms with Gasteiger partial charge < -0.3 is 14.6 Å². The Hall–Kier alpha value is -2.88. The molecule has 10 heteroatoms. The Morgan fingerprint density at radius 2 is 1.97 bits per heavy atom. The molecule has 1 aromatic carbocycles. The topological polar surface area (TPSA) is 84.8 Å². The SMILES string of the molecule is C[C@H](Cc1nccc(N2C(=O)OC[C@@H]2[C@@H](C)O)n1)c1ccc(OC(F)(F)F)cc1. The molecule has 1 aliphatic heterocycles. The van der Waals surface area contributed by atoms with E-state index >= 15 is 0 Å². The highest BCUT2D eigenvalue weighted by Crippen LogP contribution is 2.27. The fourth-order valence-electron chi connectivity index (χ4n) is 3.07. The highest BCUT2D eigenvalue weighted by Gasteiger charge is 2.38. The molecule has 1 aliphatic rings. The zero-order chi connectivity index (χ0) is 21.2. The van der Waals surface area contributed by atoms with Crippen LogP contribution in [-0.2, 0) is 11.2 Å². The highest BCUT2D eigenvalue weighted by molar-refractivity contribution is 5.89. The van der Waals surface area contributed by atoms with Crippen LogP contribution in [0.5, 0.6) is 5.75 Å². The highest BCUT2D eigenvalue weighted by atomic mass is 19.4. The van der Waals surface area contributed by atoms with Gasteiger partial charge in [-0.3, -0.25) is 4.90 Å². The summed E-state index contributed by atoms with van der Waals surface area (Å²) in [5, 5.41) is 9.86. The van der Waals surface area contributed by atoms with Crippen LogP contribution in [0.2, 0.25) is 0 Å². The van der Waals surface area contributed by atoms with Crippen molar-refractivity contribution in [2.24, 2.45) is 0 Å². The molecule has 0 unspecified atom stereocenters. The van der Waals surface area contributed by atoms with Gasteiger partial charge in [0.1, 0.15) is 30.0 Å². The van der Waals surface area contributed by atoms with Gasteiger partial charge in [0.2, 0.25) is 0 Å². The molecule has 0 spiro atoms. The fourth-order valence-corrected chi connectivity index (χ4v) is 3.07. The number of alkyl halides is 3. The molecule has 0 radical (unpaired) electrons. The Kier molecular flexibility index (Phi) is 5.92. The monoisotopic (exact) mass is 411 g/mol. The van der Waals surface area contributed by atoms with Gasteiger partial charge in [-0.25, -0.2) is 14.8 Å². The number of amides is 1. The molecule has 2 aromatic rings. The van der Waals surface area contributed by atoms with Gasteiger partial charge in [-0.15, -0.1) is 13.2 Å². The number of aliphatic hydroxyl groups excluding tert-OH is 1. The van der Waals surface area contributed by atoms with Crippen LogP contribution in [0.3, 0.4) is 0 Å². The molecule has 1 N–H and O–H groups in total.